The third-order valence-electron chi connectivity index (χ3n) is 5.22. The lowest BCUT2D eigenvalue weighted by Gasteiger charge is -2.35. The number of nitrogens with zero attached hydrogens (tertiary/aromatic N) is 1. The van der Waals surface area contributed by atoms with Gasteiger partial charge in [0.15, 0.2) is 0 Å². The maximum Gasteiger partial charge on any atom is 0.253 e. The molecule has 6 heteroatoms. The molecule has 2 heterocycles. The molecule has 0 aliphatic carbocycles. The fourth-order valence-corrected chi connectivity index (χ4v) is 3.85. The van der Waals surface area contributed by atoms with E-state index in [-0.39, 0.29) is 30.3 Å². The molecule has 0 radical (unpaired) electrons. The molecule has 138 valence electrons. The molecule has 2 aliphatic rings. The minimum Gasteiger partial charge on any atom is -0.352 e. The summed E-state index contributed by atoms with van der Waals surface area (Å²) in [6.07, 6.45) is 5.38. The Hall–Kier alpha value is -1.59. The van der Waals surface area contributed by atoms with E-state index in [1.54, 1.807) is 24.3 Å². The predicted octanol–water partition coefficient (Wildman–Crippen LogP) is 2.60. The molecule has 2 fully saturated rings. The van der Waals surface area contributed by atoms with Crippen molar-refractivity contribution in [3.8, 4) is 0 Å². The first kappa shape index (κ1) is 19.7. The van der Waals surface area contributed by atoms with Crippen LogP contribution in [-0.4, -0.2) is 48.4 Å². The number of carbonyl (C=O) groups excluding carboxylic acids is 2. The third-order valence-corrected chi connectivity index (χ3v) is 5.22. The van der Waals surface area contributed by atoms with E-state index in [1.807, 2.05) is 18.9 Å². The molecule has 3 rings (SSSR count). The summed E-state index contributed by atoms with van der Waals surface area (Å²) in [6, 6.07) is 8.43. The molecule has 2 atom stereocenters. The van der Waals surface area contributed by atoms with Gasteiger partial charge in [0.25, 0.3) is 11.8 Å². The van der Waals surface area contributed by atoms with E-state index in [9.17, 15) is 9.59 Å². The minimum atomic E-state index is -0.117. The molecule has 0 aromatic heterocycles. The Morgan fingerprint density at radius 3 is 2.48 bits per heavy atom. The third kappa shape index (κ3) is 4.53. The average Bonchev–Trinajstić information content (AvgIpc) is 2.96. The van der Waals surface area contributed by atoms with Crippen LogP contribution < -0.4 is 10.6 Å². The quantitative estimate of drug-likeness (QED) is 0.843. The molecule has 0 spiro atoms. The average molecular weight is 366 g/mol. The van der Waals surface area contributed by atoms with Crippen LogP contribution in [0.3, 0.4) is 0 Å². The van der Waals surface area contributed by atoms with Gasteiger partial charge in [-0.2, -0.15) is 0 Å². The summed E-state index contributed by atoms with van der Waals surface area (Å²) in [5.74, 6) is -0.111. The molecule has 25 heavy (non-hydrogen) atoms. The summed E-state index contributed by atoms with van der Waals surface area (Å²) in [6.45, 7) is 2.66. The first-order chi connectivity index (χ1) is 11.6. The highest BCUT2D eigenvalue weighted by Crippen LogP contribution is 2.29. The van der Waals surface area contributed by atoms with Crippen molar-refractivity contribution in [2.75, 3.05) is 13.6 Å². The molecule has 2 aliphatic heterocycles. The lowest BCUT2D eigenvalue weighted by atomic mass is 9.97. The van der Waals surface area contributed by atoms with E-state index < -0.39 is 0 Å². The molecule has 2 N–H and O–H groups in total. The zero-order valence-electron chi connectivity index (χ0n) is 15.0. The van der Waals surface area contributed by atoms with Gasteiger partial charge >= 0.3 is 0 Å². The topological polar surface area (TPSA) is 61.4 Å². The number of hydrogen-bond donors (Lipinski definition) is 2. The summed E-state index contributed by atoms with van der Waals surface area (Å²) >= 11 is 0. The van der Waals surface area contributed by atoms with Crippen LogP contribution in [0, 0.1) is 0 Å². The first-order valence-corrected chi connectivity index (χ1v) is 9.00. The van der Waals surface area contributed by atoms with Gasteiger partial charge in [0.2, 0.25) is 0 Å². The van der Waals surface area contributed by atoms with Gasteiger partial charge < -0.3 is 15.5 Å². The van der Waals surface area contributed by atoms with Crippen LogP contribution >= 0.6 is 12.4 Å². The molecule has 0 saturated carbocycles. The molecule has 1 aromatic carbocycles. The Labute approximate surface area is 155 Å². The van der Waals surface area contributed by atoms with Gasteiger partial charge in [-0.15, -0.1) is 12.4 Å². The highest BCUT2D eigenvalue weighted by molar-refractivity contribution is 5.99. The minimum absolute atomic E-state index is 0. The fraction of sp³-hybridized carbons (Fsp3) is 0.579. The number of nitrogens with one attached hydrogen (secondary N) is 2. The molecular formula is C19H28ClN3O2. The maximum atomic E-state index is 12.8. The normalized spacial score (nSPS) is 24.3. The second-order valence-electron chi connectivity index (χ2n) is 7.02. The Morgan fingerprint density at radius 1 is 1.20 bits per heavy atom. The summed E-state index contributed by atoms with van der Waals surface area (Å²) in [5.41, 5.74) is 1.14. The molecule has 5 nitrogen and oxygen atoms in total. The molecule has 1 aromatic rings. The number of carbonyl (C=O) groups is 2. The number of halogens is 1. The monoisotopic (exact) mass is 365 g/mol. The van der Waals surface area contributed by atoms with Crippen molar-refractivity contribution in [1.29, 1.82) is 0 Å². The number of rotatable bonds is 5. The van der Waals surface area contributed by atoms with Gasteiger partial charge in [-0.3, -0.25) is 9.59 Å². The molecule has 2 bridgehead atoms. The van der Waals surface area contributed by atoms with Gasteiger partial charge in [0.05, 0.1) is 0 Å². The standard InChI is InChI=1S/C19H27N3O2.ClH/c1-3-9-20-18(23)13-5-4-6-14(10-13)19(24)22(2)17-11-15-7-8-16(12-17)21-15;/h4-6,10,15-17,21H,3,7-9,11-12H2,1-2H3,(H,20,23);1H. The number of hydrogen-bond acceptors (Lipinski definition) is 3. The summed E-state index contributed by atoms with van der Waals surface area (Å²) in [4.78, 5) is 26.8. The highest BCUT2D eigenvalue weighted by Gasteiger charge is 2.36. The molecular weight excluding hydrogens is 338 g/mol. The fourth-order valence-electron chi connectivity index (χ4n) is 3.85. The Bertz CT molecular complexity index is 610. The second kappa shape index (κ2) is 8.68. The summed E-state index contributed by atoms with van der Waals surface area (Å²) in [7, 11) is 1.89. The molecule has 2 amide bonds. The lowest BCUT2D eigenvalue weighted by Crippen LogP contribution is -2.48. The number of benzene rings is 1. The van der Waals surface area contributed by atoms with Crippen molar-refractivity contribution in [1.82, 2.24) is 15.5 Å². The van der Waals surface area contributed by atoms with Crippen molar-refractivity contribution in [3.05, 3.63) is 35.4 Å². The van der Waals surface area contributed by atoms with Crippen molar-refractivity contribution >= 4 is 24.2 Å². The van der Waals surface area contributed by atoms with Crippen molar-refractivity contribution in [2.24, 2.45) is 0 Å². The smallest absolute Gasteiger partial charge is 0.253 e. The van der Waals surface area contributed by atoms with Crippen molar-refractivity contribution in [3.63, 3.8) is 0 Å². The number of fused-ring (bicyclic) bond motifs is 2. The zero-order valence-corrected chi connectivity index (χ0v) is 15.8. The van der Waals surface area contributed by atoms with Crippen molar-refractivity contribution in [2.45, 2.75) is 57.2 Å². The maximum absolute atomic E-state index is 12.8. The zero-order chi connectivity index (χ0) is 17.1. The van der Waals surface area contributed by atoms with E-state index in [0.717, 1.165) is 19.3 Å². The van der Waals surface area contributed by atoms with Crippen LogP contribution in [0.4, 0.5) is 0 Å². The van der Waals surface area contributed by atoms with Crippen LogP contribution in [0.25, 0.3) is 0 Å². The predicted molar refractivity (Wildman–Crippen MR) is 101 cm³/mol. The Morgan fingerprint density at radius 2 is 1.84 bits per heavy atom. The second-order valence-corrected chi connectivity index (χ2v) is 7.02. The van der Waals surface area contributed by atoms with Crippen LogP contribution in [0.1, 0.15) is 59.7 Å². The van der Waals surface area contributed by atoms with E-state index in [1.165, 1.54) is 12.8 Å². The Balaban J connectivity index is 0.00000225. The van der Waals surface area contributed by atoms with Crippen molar-refractivity contribution < 1.29 is 9.59 Å². The van der Waals surface area contributed by atoms with E-state index in [2.05, 4.69) is 10.6 Å². The highest BCUT2D eigenvalue weighted by atomic mass is 35.5. The van der Waals surface area contributed by atoms with Crippen LogP contribution in [0.5, 0.6) is 0 Å². The van der Waals surface area contributed by atoms with Gasteiger partial charge in [0, 0.05) is 42.8 Å². The van der Waals surface area contributed by atoms with E-state index in [4.69, 9.17) is 0 Å². The summed E-state index contributed by atoms with van der Waals surface area (Å²) < 4.78 is 0. The number of amides is 2. The summed E-state index contributed by atoms with van der Waals surface area (Å²) in [5, 5.41) is 6.46. The molecule has 2 unspecified atom stereocenters. The van der Waals surface area contributed by atoms with Gasteiger partial charge in [-0.05, 0) is 50.3 Å². The van der Waals surface area contributed by atoms with Crippen LogP contribution in [0.2, 0.25) is 0 Å². The van der Waals surface area contributed by atoms with Crippen LogP contribution in [-0.2, 0) is 0 Å². The van der Waals surface area contributed by atoms with Gasteiger partial charge in [-0.1, -0.05) is 13.0 Å². The van der Waals surface area contributed by atoms with Gasteiger partial charge in [0.1, 0.15) is 0 Å². The molecule has 2 saturated heterocycles. The first-order valence-electron chi connectivity index (χ1n) is 9.00. The number of piperidine rings is 1. The van der Waals surface area contributed by atoms with Gasteiger partial charge in [-0.25, -0.2) is 0 Å². The van der Waals surface area contributed by atoms with E-state index in [0.29, 0.717) is 29.8 Å². The van der Waals surface area contributed by atoms with Crippen LogP contribution in [0.15, 0.2) is 24.3 Å². The lowest BCUT2D eigenvalue weighted by molar-refractivity contribution is 0.0681. The largest absolute Gasteiger partial charge is 0.352 e. The van der Waals surface area contributed by atoms with E-state index >= 15 is 0 Å². The Kier molecular flexibility index (Phi) is 6.85. The SMILES string of the molecule is CCCNC(=O)c1cccc(C(=O)N(C)C2CC3CCC(C2)N3)c1.Cl.